The third-order valence-corrected chi connectivity index (χ3v) is 5.34. The molecule has 0 unspecified atom stereocenters. The van der Waals surface area contributed by atoms with Crippen LogP contribution >= 0.6 is 0 Å². The normalized spacial score (nSPS) is 10.3. The molecule has 3 amide bonds. The van der Waals surface area contributed by atoms with Crippen LogP contribution in [0, 0.1) is 6.92 Å². The first-order valence-corrected chi connectivity index (χ1v) is 11.1. The fourth-order valence-electron chi connectivity index (χ4n) is 3.43. The van der Waals surface area contributed by atoms with Crippen LogP contribution < -0.4 is 25.4 Å². The zero-order valence-corrected chi connectivity index (χ0v) is 20.2. The summed E-state index contributed by atoms with van der Waals surface area (Å²) in [7, 11) is 2.97. The van der Waals surface area contributed by atoms with Gasteiger partial charge in [0.1, 0.15) is 0 Å². The number of nitrogens with one attached hydrogen (secondary N) is 3. The standard InChI is InChI=1S/C27H29N3O5/c1-17-5-10-20(11-6-17)28-27(33)29-21-12-7-19(8-13-21)9-14-26(32)30-23-16-25(35-4)24(34-3)15-22(23)18(2)31/h5-8,10-13,15-16H,9,14H2,1-4H3,(H,30,32)(H2,28,29,33). The number of hydrogen-bond donors (Lipinski definition) is 3. The summed E-state index contributed by atoms with van der Waals surface area (Å²) in [5, 5.41) is 8.35. The van der Waals surface area contributed by atoms with E-state index in [4.69, 9.17) is 9.47 Å². The van der Waals surface area contributed by atoms with Gasteiger partial charge in [0.05, 0.1) is 19.9 Å². The second-order valence-corrected chi connectivity index (χ2v) is 8.00. The molecule has 0 aromatic heterocycles. The lowest BCUT2D eigenvalue weighted by Crippen LogP contribution is -2.19. The number of ketones is 1. The molecule has 0 fully saturated rings. The fraction of sp³-hybridized carbons (Fsp3) is 0.222. The SMILES string of the molecule is COc1cc(NC(=O)CCc2ccc(NC(=O)Nc3ccc(C)cc3)cc2)c(C(C)=O)cc1OC. The van der Waals surface area contributed by atoms with Crippen LogP contribution in [0.1, 0.15) is 34.8 Å². The number of hydrogen-bond acceptors (Lipinski definition) is 5. The molecule has 0 atom stereocenters. The largest absolute Gasteiger partial charge is 0.493 e. The highest BCUT2D eigenvalue weighted by molar-refractivity contribution is 6.04. The number of ether oxygens (including phenoxy) is 2. The Labute approximate surface area is 204 Å². The Bertz CT molecular complexity index is 1200. The van der Waals surface area contributed by atoms with Gasteiger partial charge in [0.2, 0.25) is 5.91 Å². The van der Waals surface area contributed by atoms with Crippen LogP contribution in [0.4, 0.5) is 21.9 Å². The summed E-state index contributed by atoms with van der Waals surface area (Å²) in [6, 6.07) is 17.6. The molecule has 0 heterocycles. The number of carbonyl (C=O) groups is 3. The van der Waals surface area contributed by atoms with Crippen molar-refractivity contribution >= 4 is 34.8 Å². The minimum absolute atomic E-state index is 0.198. The van der Waals surface area contributed by atoms with Gasteiger partial charge in [-0.1, -0.05) is 29.8 Å². The lowest BCUT2D eigenvalue weighted by molar-refractivity contribution is -0.116. The van der Waals surface area contributed by atoms with Crippen LogP contribution in [0.25, 0.3) is 0 Å². The van der Waals surface area contributed by atoms with Gasteiger partial charge in [-0.15, -0.1) is 0 Å². The molecule has 3 N–H and O–H groups in total. The van der Waals surface area contributed by atoms with E-state index in [2.05, 4.69) is 16.0 Å². The maximum absolute atomic E-state index is 12.6. The van der Waals surface area contributed by atoms with Crippen LogP contribution in [0.15, 0.2) is 60.7 Å². The smallest absolute Gasteiger partial charge is 0.323 e. The zero-order chi connectivity index (χ0) is 25.4. The van der Waals surface area contributed by atoms with Gasteiger partial charge in [0.15, 0.2) is 17.3 Å². The van der Waals surface area contributed by atoms with Crippen LogP contribution in [0.3, 0.4) is 0 Å². The van der Waals surface area contributed by atoms with Crippen molar-refractivity contribution in [3.63, 3.8) is 0 Å². The number of Topliss-reactive ketones (excluding diaryl/α,β-unsaturated/α-hetero) is 1. The summed E-state index contributed by atoms with van der Waals surface area (Å²) in [5.74, 6) is 0.398. The van der Waals surface area contributed by atoms with Crippen LogP contribution in [0.2, 0.25) is 0 Å². The molecule has 0 saturated heterocycles. The number of carbonyl (C=O) groups excluding carboxylic acids is 3. The van der Waals surface area contributed by atoms with E-state index in [1.54, 1.807) is 24.3 Å². The Kier molecular flexibility index (Phi) is 8.45. The molecular weight excluding hydrogens is 446 g/mol. The summed E-state index contributed by atoms with van der Waals surface area (Å²) in [6.45, 7) is 3.40. The molecular formula is C27H29N3O5. The van der Waals surface area contributed by atoms with E-state index < -0.39 is 0 Å². The van der Waals surface area contributed by atoms with Crippen molar-refractivity contribution in [2.45, 2.75) is 26.7 Å². The Morgan fingerprint density at radius 1 is 0.771 bits per heavy atom. The van der Waals surface area contributed by atoms with Crippen molar-refractivity contribution < 1.29 is 23.9 Å². The summed E-state index contributed by atoms with van der Waals surface area (Å²) < 4.78 is 10.5. The zero-order valence-electron chi connectivity index (χ0n) is 20.2. The number of anilines is 3. The van der Waals surface area contributed by atoms with E-state index in [1.165, 1.54) is 21.1 Å². The topological polar surface area (TPSA) is 106 Å². The Morgan fingerprint density at radius 3 is 1.86 bits per heavy atom. The average molecular weight is 476 g/mol. The highest BCUT2D eigenvalue weighted by Gasteiger charge is 2.16. The second kappa shape index (κ2) is 11.7. The van der Waals surface area contributed by atoms with E-state index in [0.29, 0.717) is 40.5 Å². The van der Waals surface area contributed by atoms with Gasteiger partial charge >= 0.3 is 6.03 Å². The number of urea groups is 1. The molecule has 0 bridgehead atoms. The lowest BCUT2D eigenvalue weighted by Gasteiger charge is -2.14. The van der Waals surface area contributed by atoms with E-state index in [9.17, 15) is 14.4 Å². The van der Waals surface area contributed by atoms with Gasteiger partial charge in [-0.05, 0) is 56.2 Å². The highest BCUT2D eigenvalue weighted by Crippen LogP contribution is 2.33. The molecule has 0 spiro atoms. The van der Waals surface area contributed by atoms with Crippen molar-refractivity contribution in [3.8, 4) is 11.5 Å². The van der Waals surface area contributed by atoms with Gasteiger partial charge in [-0.3, -0.25) is 9.59 Å². The number of methoxy groups -OCH3 is 2. The molecule has 0 aliphatic heterocycles. The molecule has 0 saturated carbocycles. The minimum atomic E-state index is -0.336. The Balaban J connectivity index is 1.55. The maximum Gasteiger partial charge on any atom is 0.323 e. The second-order valence-electron chi connectivity index (χ2n) is 8.00. The van der Waals surface area contributed by atoms with E-state index in [-0.39, 0.29) is 24.1 Å². The summed E-state index contributed by atoms with van der Waals surface area (Å²) in [4.78, 5) is 36.8. The molecule has 0 radical (unpaired) electrons. The third kappa shape index (κ3) is 7.07. The van der Waals surface area contributed by atoms with Crippen molar-refractivity contribution in [2.75, 3.05) is 30.2 Å². The summed E-state index contributed by atoms with van der Waals surface area (Å²) in [6.07, 6.45) is 0.705. The number of amides is 3. The molecule has 8 heteroatoms. The summed E-state index contributed by atoms with van der Waals surface area (Å²) >= 11 is 0. The molecule has 182 valence electrons. The molecule has 0 aliphatic rings. The quantitative estimate of drug-likeness (QED) is 0.358. The van der Waals surface area contributed by atoms with Crippen LogP contribution in [0.5, 0.6) is 11.5 Å². The Morgan fingerprint density at radius 2 is 1.31 bits per heavy atom. The van der Waals surface area contributed by atoms with Gasteiger partial charge in [-0.25, -0.2) is 4.79 Å². The number of aryl methyl sites for hydroxylation is 2. The fourth-order valence-corrected chi connectivity index (χ4v) is 3.43. The first kappa shape index (κ1) is 25.3. The lowest BCUT2D eigenvalue weighted by atomic mass is 10.1. The number of benzene rings is 3. The van der Waals surface area contributed by atoms with Gasteiger partial charge in [0.25, 0.3) is 0 Å². The van der Waals surface area contributed by atoms with Crippen molar-refractivity contribution in [3.05, 3.63) is 77.4 Å². The molecule has 35 heavy (non-hydrogen) atoms. The molecule has 8 nitrogen and oxygen atoms in total. The van der Waals surface area contributed by atoms with Gasteiger partial charge < -0.3 is 25.4 Å². The first-order chi connectivity index (χ1) is 16.8. The molecule has 0 aliphatic carbocycles. The predicted molar refractivity (Wildman–Crippen MR) is 137 cm³/mol. The number of rotatable bonds is 9. The molecule has 3 aromatic rings. The van der Waals surface area contributed by atoms with Crippen LogP contribution in [-0.2, 0) is 11.2 Å². The van der Waals surface area contributed by atoms with E-state index >= 15 is 0 Å². The first-order valence-electron chi connectivity index (χ1n) is 11.1. The predicted octanol–water partition coefficient (Wildman–Crippen LogP) is 5.43. The minimum Gasteiger partial charge on any atom is -0.493 e. The van der Waals surface area contributed by atoms with E-state index in [0.717, 1.165) is 11.1 Å². The monoisotopic (exact) mass is 475 g/mol. The highest BCUT2D eigenvalue weighted by atomic mass is 16.5. The molecule has 3 aromatic carbocycles. The van der Waals surface area contributed by atoms with Gasteiger partial charge in [-0.2, -0.15) is 0 Å². The van der Waals surface area contributed by atoms with E-state index in [1.807, 2.05) is 43.3 Å². The molecule has 3 rings (SSSR count). The van der Waals surface area contributed by atoms with Crippen molar-refractivity contribution in [1.29, 1.82) is 0 Å². The third-order valence-electron chi connectivity index (χ3n) is 5.34. The maximum atomic E-state index is 12.6. The summed E-state index contributed by atoms with van der Waals surface area (Å²) in [5.41, 5.74) is 4.11. The van der Waals surface area contributed by atoms with Crippen LogP contribution in [-0.4, -0.2) is 31.9 Å². The van der Waals surface area contributed by atoms with Crippen molar-refractivity contribution in [1.82, 2.24) is 0 Å². The van der Waals surface area contributed by atoms with Crippen molar-refractivity contribution in [2.24, 2.45) is 0 Å². The Hall–Kier alpha value is -4.33. The average Bonchev–Trinajstić information content (AvgIpc) is 2.84. The van der Waals surface area contributed by atoms with Gasteiger partial charge in [0, 0.05) is 29.4 Å².